The summed E-state index contributed by atoms with van der Waals surface area (Å²) in [5.41, 5.74) is 1.13. The van der Waals surface area contributed by atoms with Crippen molar-refractivity contribution in [1.82, 2.24) is 0 Å². The molecule has 0 saturated carbocycles. The van der Waals surface area contributed by atoms with E-state index in [0.29, 0.717) is 5.56 Å². The molecule has 0 aliphatic carbocycles. The van der Waals surface area contributed by atoms with E-state index in [1.54, 1.807) is 19.1 Å². The number of nitro benzene ring substituents is 1. The van der Waals surface area contributed by atoms with Crippen LogP contribution >= 0.6 is 11.6 Å². The molecule has 0 N–H and O–H groups in total. The third kappa shape index (κ3) is 3.05. The minimum absolute atomic E-state index is 0.00174. The molecule has 0 aliphatic rings. The number of aryl methyl sites for hydroxylation is 1. The second kappa shape index (κ2) is 5.88. The van der Waals surface area contributed by atoms with Crippen LogP contribution in [0.15, 0.2) is 36.4 Å². The highest BCUT2D eigenvalue weighted by Gasteiger charge is 2.17. The second-order valence-electron chi connectivity index (χ2n) is 4.23. The smallest absolute Gasteiger partial charge is 0.311 e. The highest BCUT2D eigenvalue weighted by Crippen LogP contribution is 2.33. The molecular formula is C14H11ClFNO3. The summed E-state index contributed by atoms with van der Waals surface area (Å²) in [4.78, 5) is 10.4. The Bertz CT molecular complexity index is 661. The first-order chi connectivity index (χ1) is 9.51. The molecule has 0 heterocycles. The standard InChI is InChI=1S/C14H11ClFNO3/c1-9-2-4-14(12(6-9)17(18)19)20-13-5-3-10(8-15)7-11(13)16/h2-7H,8H2,1H3. The van der Waals surface area contributed by atoms with Crippen molar-refractivity contribution < 1.29 is 14.1 Å². The normalized spacial score (nSPS) is 10.3. The van der Waals surface area contributed by atoms with E-state index in [4.69, 9.17) is 16.3 Å². The van der Waals surface area contributed by atoms with Crippen LogP contribution in [-0.2, 0) is 5.88 Å². The molecule has 104 valence electrons. The highest BCUT2D eigenvalue weighted by atomic mass is 35.5. The summed E-state index contributed by atoms with van der Waals surface area (Å²) in [6.45, 7) is 1.73. The molecule has 0 fully saturated rings. The van der Waals surface area contributed by atoms with Crippen LogP contribution in [0.2, 0.25) is 0 Å². The van der Waals surface area contributed by atoms with Crippen molar-refractivity contribution in [2.75, 3.05) is 0 Å². The summed E-state index contributed by atoms with van der Waals surface area (Å²) in [7, 11) is 0. The first-order valence-corrected chi connectivity index (χ1v) is 6.32. The summed E-state index contributed by atoms with van der Waals surface area (Å²) in [6, 6.07) is 8.72. The predicted molar refractivity (Wildman–Crippen MR) is 73.9 cm³/mol. The Labute approximate surface area is 119 Å². The molecule has 0 spiro atoms. The predicted octanol–water partition coefficient (Wildman–Crippen LogP) is 4.57. The number of rotatable bonds is 4. The van der Waals surface area contributed by atoms with Gasteiger partial charge < -0.3 is 4.74 Å². The fraction of sp³-hybridized carbons (Fsp3) is 0.143. The minimum atomic E-state index is -0.613. The number of halogens is 2. The maximum Gasteiger partial charge on any atom is 0.311 e. The van der Waals surface area contributed by atoms with E-state index < -0.39 is 10.7 Å². The summed E-state index contributed by atoms with van der Waals surface area (Å²) >= 11 is 5.60. The van der Waals surface area contributed by atoms with Crippen molar-refractivity contribution in [3.05, 3.63) is 63.5 Å². The van der Waals surface area contributed by atoms with E-state index >= 15 is 0 Å². The van der Waals surface area contributed by atoms with Crippen LogP contribution in [0.25, 0.3) is 0 Å². The van der Waals surface area contributed by atoms with Crippen molar-refractivity contribution in [1.29, 1.82) is 0 Å². The quantitative estimate of drug-likeness (QED) is 0.471. The van der Waals surface area contributed by atoms with Gasteiger partial charge in [0.15, 0.2) is 11.6 Å². The summed E-state index contributed by atoms with van der Waals surface area (Å²) in [5.74, 6) is -0.510. The SMILES string of the molecule is Cc1ccc(Oc2ccc(CCl)cc2F)c([N+](=O)[O-])c1. The Morgan fingerprint density at radius 2 is 1.95 bits per heavy atom. The van der Waals surface area contributed by atoms with E-state index in [2.05, 4.69) is 0 Å². The van der Waals surface area contributed by atoms with Crippen molar-refractivity contribution in [2.45, 2.75) is 12.8 Å². The Kier molecular flexibility index (Phi) is 4.20. The average Bonchev–Trinajstić information content (AvgIpc) is 2.42. The van der Waals surface area contributed by atoms with Crippen LogP contribution in [0.1, 0.15) is 11.1 Å². The third-order valence-electron chi connectivity index (χ3n) is 2.68. The molecule has 0 bridgehead atoms. The van der Waals surface area contributed by atoms with Gasteiger partial charge in [0.1, 0.15) is 0 Å². The van der Waals surface area contributed by atoms with Gasteiger partial charge in [0.05, 0.1) is 4.92 Å². The van der Waals surface area contributed by atoms with Gasteiger partial charge in [-0.05, 0) is 36.2 Å². The van der Waals surface area contributed by atoms with Crippen molar-refractivity contribution in [2.24, 2.45) is 0 Å². The number of alkyl halides is 1. The molecule has 2 aromatic rings. The van der Waals surface area contributed by atoms with Crippen LogP contribution in [0.3, 0.4) is 0 Å². The lowest BCUT2D eigenvalue weighted by molar-refractivity contribution is -0.385. The van der Waals surface area contributed by atoms with Crippen LogP contribution < -0.4 is 4.74 Å². The Morgan fingerprint density at radius 3 is 2.55 bits per heavy atom. The molecule has 2 rings (SSSR count). The Hall–Kier alpha value is -2.14. The van der Waals surface area contributed by atoms with E-state index in [0.717, 1.165) is 5.56 Å². The Morgan fingerprint density at radius 1 is 1.25 bits per heavy atom. The number of benzene rings is 2. The molecule has 2 aromatic carbocycles. The molecule has 6 heteroatoms. The lowest BCUT2D eigenvalue weighted by Crippen LogP contribution is -1.96. The van der Waals surface area contributed by atoms with Crippen LogP contribution in [0.5, 0.6) is 11.5 Å². The van der Waals surface area contributed by atoms with E-state index in [1.807, 2.05) is 0 Å². The number of hydrogen-bond donors (Lipinski definition) is 0. The summed E-state index contributed by atoms with van der Waals surface area (Å²) in [5, 5.41) is 11.0. The number of nitrogens with zero attached hydrogens (tertiary/aromatic N) is 1. The number of ether oxygens (including phenoxy) is 1. The lowest BCUT2D eigenvalue weighted by atomic mass is 10.2. The fourth-order valence-electron chi connectivity index (χ4n) is 1.69. The first kappa shape index (κ1) is 14.3. The lowest BCUT2D eigenvalue weighted by Gasteiger charge is -2.08. The zero-order valence-electron chi connectivity index (χ0n) is 10.6. The van der Waals surface area contributed by atoms with Crippen LogP contribution in [-0.4, -0.2) is 4.92 Å². The molecular weight excluding hydrogens is 285 g/mol. The molecule has 0 saturated heterocycles. The van der Waals surface area contributed by atoms with Gasteiger partial charge in [0, 0.05) is 11.9 Å². The highest BCUT2D eigenvalue weighted by molar-refractivity contribution is 6.17. The summed E-state index contributed by atoms with van der Waals surface area (Å²) < 4.78 is 19.1. The molecule has 0 unspecified atom stereocenters. The number of hydrogen-bond acceptors (Lipinski definition) is 3. The van der Waals surface area contributed by atoms with Crippen molar-refractivity contribution >= 4 is 17.3 Å². The maximum atomic E-state index is 13.8. The van der Waals surface area contributed by atoms with Crippen LogP contribution in [0, 0.1) is 22.9 Å². The molecule has 0 radical (unpaired) electrons. The van der Waals surface area contributed by atoms with Gasteiger partial charge in [-0.15, -0.1) is 11.6 Å². The molecule has 0 amide bonds. The largest absolute Gasteiger partial charge is 0.447 e. The molecule has 0 aromatic heterocycles. The van der Waals surface area contributed by atoms with Gasteiger partial charge in [-0.25, -0.2) is 4.39 Å². The van der Waals surface area contributed by atoms with Crippen LogP contribution in [0.4, 0.5) is 10.1 Å². The molecule has 0 atom stereocenters. The van der Waals surface area contributed by atoms with Gasteiger partial charge >= 0.3 is 5.69 Å². The molecule has 0 aliphatic heterocycles. The van der Waals surface area contributed by atoms with E-state index in [9.17, 15) is 14.5 Å². The number of nitro groups is 1. The van der Waals surface area contributed by atoms with Gasteiger partial charge in [-0.1, -0.05) is 12.1 Å². The van der Waals surface area contributed by atoms with Gasteiger partial charge in [0.2, 0.25) is 5.75 Å². The van der Waals surface area contributed by atoms with Crippen molar-refractivity contribution in [3.8, 4) is 11.5 Å². The Balaban J connectivity index is 2.37. The zero-order valence-corrected chi connectivity index (χ0v) is 11.4. The van der Waals surface area contributed by atoms with E-state index in [-0.39, 0.29) is 23.1 Å². The van der Waals surface area contributed by atoms with Gasteiger partial charge in [-0.2, -0.15) is 0 Å². The second-order valence-corrected chi connectivity index (χ2v) is 4.50. The fourth-order valence-corrected chi connectivity index (χ4v) is 1.85. The topological polar surface area (TPSA) is 52.4 Å². The van der Waals surface area contributed by atoms with Gasteiger partial charge in [0.25, 0.3) is 0 Å². The summed E-state index contributed by atoms with van der Waals surface area (Å²) in [6.07, 6.45) is 0. The monoisotopic (exact) mass is 295 g/mol. The zero-order chi connectivity index (χ0) is 14.7. The molecule has 4 nitrogen and oxygen atoms in total. The first-order valence-electron chi connectivity index (χ1n) is 5.78. The minimum Gasteiger partial charge on any atom is -0.447 e. The van der Waals surface area contributed by atoms with E-state index in [1.165, 1.54) is 24.3 Å². The average molecular weight is 296 g/mol. The van der Waals surface area contributed by atoms with Gasteiger partial charge in [-0.3, -0.25) is 10.1 Å². The van der Waals surface area contributed by atoms with Crippen molar-refractivity contribution in [3.63, 3.8) is 0 Å². The molecule has 20 heavy (non-hydrogen) atoms. The third-order valence-corrected chi connectivity index (χ3v) is 2.99. The maximum absolute atomic E-state index is 13.8.